The summed E-state index contributed by atoms with van der Waals surface area (Å²) in [7, 11) is 0. The molecule has 0 heterocycles. The van der Waals surface area contributed by atoms with Gasteiger partial charge in [0, 0.05) is 13.0 Å². The molecule has 1 N–H and O–H groups in total. The Bertz CT molecular complexity index is 413. The molecule has 1 fully saturated rings. The number of ether oxygens (including phenoxy) is 2. The summed E-state index contributed by atoms with van der Waals surface area (Å²) in [5.74, 6) is 0.747. The van der Waals surface area contributed by atoms with E-state index >= 15 is 0 Å². The molecule has 0 amide bonds. The Morgan fingerprint density at radius 1 is 1.20 bits per heavy atom. The van der Waals surface area contributed by atoms with Crippen molar-refractivity contribution in [1.82, 2.24) is 0 Å². The quantitative estimate of drug-likeness (QED) is 0.784. The van der Waals surface area contributed by atoms with E-state index in [1.165, 1.54) is 0 Å². The lowest BCUT2D eigenvalue weighted by Gasteiger charge is -2.13. The first-order valence-corrected chi connectivity index (χ1v) is 6.53. The van der Waals surface area contributed by atoms with Crippen LogP contribution >= 0.6 is 0 Å². The molecule has 0 aliphatic heterocycles. The molecule has 0 spiro atoms. The molecule has 6 heteroatoms. The van der Waals surface area contributed by atoms with Gasteiger partial charge in [0.05, 0.1) is 12.2 Å². The molecular weight excluding hydrogens is 273 g/mol. The minimum atomic E-state index is -4.33. The lowest BCUT2D eigenvalue weighted by Crippen LogP contribution is -2.18. The average molecular weight is 290 g/mol. The molecule has 0 radical (unpaired) electrons. The highest BCUT2D eigenvalue weighted by Gasteiger charge is 2.27. The standard InChI is InChI=1S/C14H17F3O3/c15-14(16,17)9-19-8-7-13(18)10-1-3-11(4-2-10)20-12-5-6-12/h1-4,12-13,18H,5-9H2. The third kappa shape index (κ3) is 5.38. The highest BCUT2D eigenvalue weighted by atomic mass is 19.4. The molecule has 1 aliphatic carbocycles. The lowest BCUT2D eigenvalue weighted by molar-refractivity contribution is -0.175. The van der Waals surface area contributed by atoms with Gasteiger partial charge in [-0.25, -0.2) is 0 Å². The molecule has 1 saturated carbocycles. The van der Waals surface area contributed by atoms with E-state index in [4.69, 9.17) is 4.74 Å². The van der Waals surface area contributed by atoms with Gasteiger partial charge in [-0.05, 0) is 30.5 Å². The van der Waals surface area contributed by atoms with Gasteiger partial charge in [-0.1, -0.05) is 12.1 Å². The van der Waals surface area contributed by atoms with Crippen molar-refractivity contribution in [3.8, 4) is 5.75 Å². The summed E-state index contributed by atoms with van der Waals surface area (Å²) >= 11 is 0. The number of benzene rings is 1. The first-order valence-electron chi connectivity index (χ1n) is 6.53. The molecule has 0 bridgehead atoms. The molecule has 1 aromatic carbocycles. The zero-order chi connectivity index (χ0) is 14.6. The Hall–Kier alpha value is -1.27. The Labute approximate surface area is 115 Å². The third-order valence-electron chi connectivity index (χ3n) is 2.89. The molecule has 1 aliphatic rings. The molecule has 3 nitrogen and oxygen atoms in total. The van der Waals surface area contributed by atoms with Crippen molar-refractivity contribution >= 4 is 0 Å². The van der Waals surface area contributed by atoms with Crippen LogP contribution in [-0.4, -0.2) is 30.6 Å². The van der Waals surface area contributed by atoms with Gasteiger partial charge in [0.15, 0.2) is 0 Å². The van der Waals surface area contributed by atoms with E-state index in [2.05, 4.69) is 4.74 Å². The Kier molecular flexibility index (Phi) is 4.88. The number of aliphatic hydroxyl groups is 1. The van der Waals surface area contributed by atoms with Crippen LogP contribution in [0.15, 0.2) is 24.3 Å². The molecule has 1 aromatic rings. The van der Waals surface area contributed by atoms with Crippen molar-refractivity contribution in [2.75, 3.05) is 13.2 Å². The van der Waals surface area contributed by atoms with E-state index in [0.29, 0.717) is 11.7 Å². The largest absolute Gasteiger partial charge is 0.490 e. The Balaban J connectivity index is 1.72. The van der Waals surface area contributed by atoms with Crippen LogP contribution in [0.3, 0.4) is 0 Å². The first-order chi connectivity index (χ1) is 9.44. The van der Waals surface area contributed by atoms with Crippen LogP contribution in [-0.2, 0) is 4.74 Å². The van der Waals surface area contributed by atoms with Crippen molar-refractivity contribution < 1.29 is 27.8 Å². The van der Waals surface area contributed by atoms with Crippen molar-refractivity contribution in [1.29, 1.82) is 0 Å². The highest BCUT2D eigenvalue weighted by molar-refractivity contribution is 5.29. The number of halogens is 3. The van der Waals surface area contributed by atoms with Crippen molar-refractivity contribution in [3.05, 3.63) is 29.8 Å². The summed E-state index contributed by atoms with van der Waals surface area (Å²) in [5.41, 5.74) is 0.642. The molecule has 0 saturated heterocycles. The van der Waals surface area contributed by atoms with Crippen LogP contribution in [0.5, 0.6) is 5.75 Å². The predicted octanol–water partition coefficient (Wildman–Crippen LogP) is 3.23. The van der Waals surface area contributed by atoms with Crippen molar-refractivity contribution in [3.63, 3.8) is 0 Å². The minimum absolute atomic E-state index is 0.124. The van der Waals surface area contributed by atoms with E-state index in [1.807, 2.05) is 0 Å². The smallest absolute Gasteiger partial charge is 0.411 e. The second kappa shape index (κ2) is 6.45. The number of aliphatic hydroxyl groups excluding tert-OH is 1. The molecule has 1 atom stereocenters. The SMILES string of the molecule is OC(CCOCC(F)(F)F)c1ccc(OC2CC2)cc1. The fourth-order valence-electron chi connectivity index (χ4n) is 1.70. The van der Waals surface area contributed by atoms with Crippen LogP contribution in [0.1, 0.15) is 30.9 Å². The zero-order valence-electron chi connectivity index (χ0n) is 10.9. The predicted molar refractivity (Wildman–Crippen MR) is 66.5 cm³/mol. The van der Waals surface area contributed by atoms with Crippen LogP contribution in [0.4, 0.5) is 13.2 Å². The minimum Gasteiger partial charge on any atom is -0.490 e. The van der Waals surface area contributed by atoms with Gasteiger partial charge in [0.25, 0.3) is 0 Å². The lowest BCUT2D eigenvalue weighted by atomic mass is 10.1. The molecule has 112 valence electrons. The van der Waals surface area contributed by atoms with E-state index in [1.54, 1.807) is 24.3 Å². The maximum Gasteiger partial charge on any atom is 0.411 e. The van der Waals surface area contributed by atoms with Gasteiger partial charge in [-0.15, -0.1) is 0 Å². The fourth-order valence-corrected chi connectivity index (χ4v) is 1.70. The number of alkyl halides is 3. The maximum atomic E-state index is 11.9. The van der Waals surface area contributed by atoms with Crippen LogP contribution < -0.4 is 4.74 Å². The molecule has 20 heavy (non-hydrogen) atoms. The van der Waals surface area contributed by atoms with E-state index < -0.39 is 18.9 Å². The summed E-state index contributed by atoms with van der Waals surface area (Å²) < 4.78 is 45.6. The topological polar surface area (TPSA) is 38.7 Å². The van der Waals surface area contributed by atoms with Gasteiger partial charge in [0.1, 0.15) is 12.4 Å². The third-order valence-corrected chi connectivity index (χ3v) is 2.89. The van der Waals surface area contributed by atoms with E-state index in [0.717, 1.165) is 18.6 Å². The molecule has 1 unspecified atom stereocenters. The maximum absolute atomic E-state index is 11.9. The van der Waals surface area contributed by atoms with E-state index in [9.17, 15) is 18.3 Å². The summed E-state index contributed by atoms with van der Waals surface area (Å²) in [6.07, 6.45) is -2.59. The number of rotatable bonds is 7. The van der Waals surface area contributed by atoms with E-state index in [-0.39, 0.29) is 13.0 Å². The van der Waals surface area contributed by atoms with Gasteiger partial charge in [-0.2, -0.15) is 13.2 Å². The summed E-state index contributed by atoms with van der Waals surface area (Å²) in [6, 6.07) is 6.94. The fraction of sp³-hybridized carbons (Fsp3) is 0.571. The summed E-state index contributed by atoms with van der Waals surface area (Å²) in [6.45, 7) is -1.42. The Morgan fingerprint density at radius 3 is 2.40 bits per heavy atom. The molecule has 2 rings (SSSR count). The number of hydrogen-bond acceptors (Lipinski definition) is 3. The van der Waals surface area contributed by atoms with Crippen LogP contribution in [0.25, 0.3) is 0 Å². The van der Waals surface area contributed by atoms with Crippen LogP contribution in [0.2, 0.25) is 0 Å². The highest BCUT2D eigenvalue weighted by Crippen LogP contribution is 2.28. The second-order valence-corrected chi connectivity index (χ2v) is 4.86. The summed E-state index contributed by atoms with van der Waals surface area (Å²) in [4.78, 5) is 0. The van der Waals surface area contributed by atoms with Gasteiger partial charge < -0.3 is 14.6 Å². The van der Waals surface area contributed by atoms with Gasteiger partial charge >= 0.3 is 6.18 Å². The Morgan fingerprint density at radius 2 is 1.85 bits per heavy atom. The van der Waals surface area contributed by atoms with Crippen molar-refractivity contribution in [2.45, 2.75) is 37.6 Å². The van der Waals surface area contributed by atoms with Gasteiger partial charge in [0.2, 0.25) is 0 Å². The summed E-state index contributed by atoms with van der Waals surface area (Å²) in [5, 5.41) is 9.83. The second-order valence-electron chi connectivity index (χ2n) is 4.86. The first kappa shape index (κ1) is 15.1. The average Bonchev–Trinajstić information content (AvgIpc) is 3.18. The molecular formula is C14H17F3O3. The van der Waals surface area contributed by atoms with Crippen LogP contribution in [0, 0.1) is 0 Å². The van der Waals surface area contributed by atoms with Crippen molar-refractivity contribution in [2.24, 2.45) is 0 Å². The zero-order valence-corrected chi connectivity index (χ0v) is 10.9. The number of hydrogen-bond donors (Lipinski definition) is 1. The van der Waals surface area contributed by atoms with Gasteiger partial charge in [-0.3, -0.25) is 0 Å². The monoisotopic (exact) mass is 290 g/mol. The normalized spacial score (nSPS) is 17.0. The molecule has 0 aromatic heterocycles.